The van der Waals surface area contributed by atoms with Gasteiger partial charge in [0.1, 0.15) is 5.82 Å². The van der Waals surface area contributed by atoms with E-state index < -0.39 is 5.82 Å². The molecule has 1 fully saturated rings. The fourth-order valence-electron chi connectivity index (χ4n) is 3.36. The molecule has 1 atom stereocenters. The van der Waals surface area contributed by atoms with Crippen LogP contribution < -0.4 is 0 Å². The van der Waals surface area contributed by atoms with Gasteiger partial charge in [-0.05, 0) is 43.0 Å². The van der Waals surface area contributed by atoms with Crippen LogP contribution in [-0.4, -0.2) is 9.55 Å². The summed E-state index contributed by atoms with van der Waals surface area (Å²) in [5, 5.41) is 0.130. The Hall–Kier alpha value is -0.870. The predicted molar refractivity (Wildman–Crippen MR) is 83.4 cm³/mol. The molecule has 1 aromatic carbocycles. The zero-order valence-electron chi connectivity index (χ0n) is 11.7. The van der Waals surface area contributed by atoms with E-state index in [-0.39, 0.29) is 5.02 Å². The zero-order valence-corrected chi connectivity index (χ0v) is 13.2. The number of imidazole rings is 1. The lowest BCUT2D eigenvalue weighted by molar-refractivity contribution is 0.185. The van der Waals surface area contributed by atoms with E-state index in [0.29, 0.717) is 16.2 Å². The third-order valence-corrected chi connectivity index (χ3v) is 4.89. The lowest BCUT2D eigenvalue weighted by Gasteiger charge is -2.36. The van der Waals surface area contributed by atoms with Gasteiger partial charge in [-0.1, -0.05) is 31.9 Å². The maximum atomic E-state index is 13.8. The van der Waals surface area contributed by atoms with E-state index in [1.54, 1.807) is 6.07 Å². The van der Waals surface area contributed by atoms with Crippen LogP contribution in [0.2, 0.25) is 5.02 Å². The van der Waals surface area contributed by atoms with Gasteiger partial charge in [-0.3, -0.25) is 0 Å². The second kappa shape index (κ2) is 4.85. The molecule has 1 aromatic heterocycles. The number of halogens is 2. The highest BCUT2D eigenvalue weighted by molar-refractivity contribution is 7.71. The van der Waals surface area contributed by atoms with E-state index in [1.807, 2.05) is 0 Å². The number of hydrogen-bond acceptors (Lipinski definition) is 1. The largest absolute Gasteiger partial charge is 0.331 e. The average Bonchev–Trinajstić information content (AvgIpc) is 2.64. The molecule has 0 spiro atoms. The van der Waals surface area contributed by atoms with Gasteiger partial charge < -0.3 is 9.55 Å². The van der Waals surface area contributed by atoms with Crippen molar-refractivity contribution >= 4 is 34.9 Å². The number of rotatable bonds is 1. The van der Waals surface area contributed by atoms with Gasteiger partial charge in [0, 0.05) is 12.1 Å². The molecule has 2 aromatic rings. The Morgan fingerprint density at radius 3 is 2.90 bits per heavy atom. The number of fused-ring (bicyclic) bond motifs is 1. The van der Waals surface area contributed by atoms with E-state index in [4.69, 9.17) is 23.8 Å². The van der Waals surface area contributed by atoms with Crippen LogP contribution in [0.1, 0.15) is 45.6 Å². The number of aromatic amines is 1. The SMILES string of the molecule is CC1(C)CCCC(n2c(=S)[nH]c3cc(Cl)c(F)cc32)C1. The molecule has 0 amide bonds. The lowest BCUT2D eigenvalue weighted by atomic mass is 9.75. The van der Waals surface area contributed by atoms with E-state index in [9.17, 15) is 4.39 Å². The monoisotopic (exact) mass is 312 g/mol. The van der Waals surface area contributed by atoms with Crippen LogP contribution in [0.25, 0.3) is 11.0 Å². The number of benzene rings is 1. The Morgan fingerprint density at radius 1 is 1.45 bits per heavy atom. The first-order valence-corrected chi connectivity index (χ1v) is 7.75. The average molecular weight is 313 g/mol. The molecule has 5 heteroatoms. The second-order valence-corrected chi connectivity index (χ2v) is 7.29. The number of nitrogens with zero attached hydrogens (tertiary/aromatic N) is 1. The van der Waals surface area contributed by atoms with Crippen LogP contribution in [0.15, 0.2) is 12.1 Å². The van der Waals surface area contributed by atoms with Crippen molar-refractivity contribution in [2.45, 2.75) is 45.6 Å². The zero-order chi connectivity index (χ0) is 14.5. The van der Waals surface area contributed by atoms with Gasteiger partial charge in [0.15, 0.2) is 4.77 Å². The Balaban J connectivity index is 2.13. The molecule has 0 aliphatic heterocycles. The van der Waals surface area contributed by atoms with Crippen LogP contribution in [0.3, 0.4) is 0 Å². The molecular formula is C15H18ClFN2S. The van der Waals surface area contributed by atoms with Crippen molar-refractivity contribution in [3.05, 3.63) is 27.7 Å². The van der Waals surface area contributed by atoms with Gasteiger partial charge in [0.25, 0.3) is 0 Å². The van der Waals surface area contributed by atoms with Crippen molar-refractivity contribution in [2.24, 2.45) is 5.41 Å². The summed E-state index contributed by atoms with van der Waals surface area (Å²) in [7, 11) is 0. The predicted octanol–water partition coefficient (Wildman–Crippen LogP) is 5.63. The molecule has 1 heterocycles. The van der Waals surface area contributed by atoms with Gasteiger partial charge >= 0.3 is 0 Å². The standard InChI is InChI=1S/C15H18ClFN2S/c1-15(2)5-3-4-9(8-15)19-13-7-11(17)10(16)6-12(13)18-14(19)20/h6-7,9H,3-5,8H2,1-2H3,(H,18,20). The Kier molecular flexibility index (Phi) is 3.41. The summed E-state index contributed by atoms with van der Waals surface area (Å²) in [6.07, 6.45) is 4.58. The molecular weight excluding hydrogens is 295 g/mol. The van der Waals surface area contributed by atoms with Gasteiger partial charge in [-0.2, -0.15) is 0 Å². The van der Waals surface area contributed by atoms with E-state index in [0.717, 1.165) is 23.9 Å². The molecule has 3 rings (SSSR count). The minimum absolute atomic E-state index is 0.130. The molecule has 1 aliphatic carbocycles. The van der Waals surface area contributed by atoms with Crippen LogP contribution >= 0.6 is 23.8 Å². The molecule has 1 aliphatic rings. The smallest absolute Gasteiger partial charge is 0.178 e. The summed E-state index contributed by atoms with van der Waals surface area (Å²) in [5.41, 5.74) is 1.94. The first-order valence-electron chi connectivity index (χ1n) is 6.97. The summed E-state index contributed by atoms with van der Waals surface area (Å²) in [6.45, 7) is 4.57. The third kappa shape index (κ3) is 2.40. The van der Waals surface area contributed by atoms with Crippen molar-refractivity contribution in [2.75, 3.05) is 0 Å². The number of aromatic nitrogens is 2. The number of hydrogen-bond donors (Lipinski definition) is 1. The fraction of sp³-hybridized carbons (Fsp3) is 0.533. The molecule has 0 saturated heterocycles. The highest BCUT2D eigenvalue weighted by atomic mass is 35.5. The van der Waals surface area contributed by atoms with Crippen molar-refractivity contribution in [3.63, 3.8) is 0 Å². The number of nitrogens with one attached hydrogen (secondary N) is 1. The molecule has 0 radical (unpaired) electrons. The lowest BCUT2D eigenvalue weighted by Crippen LogP contribution is -2.25. The summed E-state index contributed by atoms with van der Waals surface area (Å²) in [4.78, 5) is 3.15. The van der Waals surface area contributed by atoms with Crippen molar-refractivity contribution in [1.29, 1.82) is 0 Å². The molecule has 20 heavy (non-hydrogen) atoms. The molecule has 108 valence electrons. The van der Waals surface area contributed by atoms with Crippen molar-refractivity contribution in [1.82, 2.24) is 9.55 Å². The van der Waals surface area contributed by atoms with Gasteiger partial charge in [0.05, 0.1) is 16.1 Å². The highest BCUT2D eigenvalue weighted by Gasteiger charge is 2.30. The molecule has 2 nitrogen and oxygen atoms in total. The van der Waals surface area contributed by atoms with Crippen LogP contribution in [0.5, 0.6) is 0 Å². The quantitative estimate of drug-likeness (QED) is 0.676. The molecule has 1 saturated carbocycles. The van der Waals surface area contributed by atoms with Crippen LogP contribution in [0.4, 0.5) is 4.39 Å². The van der Waals surface area contributed by atoms with E-state index in [1.165, 1.54) is 18.9 Å². The van der Waals surface area contributed by atoms with Crippen molar-refractivity contribution < 1.29 is 4.39 Å². The number of H-pyrrole nitrogens is 1. The Morgan fingerprint density at radius 2 is 2.20 bits per heavy atom. The minimum Gasteiger partial charge on any atom is -0.331 e. The van der Waals surface area contributed by atoms with Gasteiger partial charge in [0.2, 0.25) is 0 Å². The minimum atomic E-state index is -0.392. The van der Waals surface area contributed by atoms with Crippen LogP contribution in [-0.2, 0) is 0 Å². The third-order valence-electron chi connectivity index (χ3n) is 4.30. The topological polar surface area (TPSA) is 20.7 Å². The summed E-state index contributed by atoms with van der Waals surface area (Å²) in [6, 6.07) is 3.44. The fourth-order valence-corrected chi connectivity index (χ4v) is 3.88. The van der Waals surface area contributed by atoms with Gasteiger partial charge in [-0.25, -0.2) is 4.39 Å². The molecule has 0 bridgehead atoms. The van der Waals surface area contributed by atoms with Crippen molar-refractivity contribution in [3.8, 4) is 0 Å². The molecule has 1 unspecified atom stereocenters. The summed E-state index contributed by atoms with van der Waals surface area (Å²) >= 11 is 11.3. The maximum absolute atomic E-state index is 13.8. The maximum Gasteiger partial charge on any atom is 0.178 e. The highest BCUT2D eigenvalue weighted by Crippen LogP contribution is 2.42. The van der Waals surface area contributed by atoms with E-state index >= 15 is 0 Å². The second-order valence-electron chi connectivity index (χ2n) is 6.50. The van der Waals surface area contributed by atoms with E-state index in [2.05, 4.69) is 23.4 Å². The normalized spacial score (nSPS) is 22.3. The Labute approximate surface area is 127 Å². The summed E-state index contributed by atoms with van der Waals surface area (Å²) in [5.74, 6) is -0.392. The summed E-state index contributed by atoms with van der Waals surface area (Å²) < 4.78 is 16.5. The Bertz CT molecular complexity index is 716. The first-order chi connectivity index (χ1) is 9.37. The molecule has 1 N–H and O–H groups in total. The van der Waals surface area contributed by atoms with Crippen LogP contribution in [0, 0.1) is 16.0 Å². The first kappa shape index (κ1) is 14.1. The van der Waals surface area contributed by atoms with Gasteiger partial charge in [-0.15, -0.1) is 0 Å².